The van der Waals surface area contributed by atoms with E-state index in [1.54, 1.807) is 17.0 Å². The first kappa shape index (κ1) is 19.4. The summed E-state index contributed by atoms with van der Waals surface area (Å²) in [5, 5.41) is 2.67. The van der Waals surface area contributed by atoms with Gasteiger partial charge in [-0.05, 0) is 41.3 Å². The van der Waals surface area contributed by atoms with Crippen molar-refractivity contribution in [3.05, 3.63) is 59.9 Å². The van der Waals surface area contributed by atoms with Gasteiger partial charge < -0.3 is 5.32 Å². The highest BCUT2D eigenvalue weighted by Crippen LogP contribution is 2.42. The van der Waals surface area contributed by atoms with Gasteiger partial charge in [0.1, 0.15) is 11.2 Å². The second-order valence-corrected chi connectivity index (χ2v) is 8.89. The topological polar surface area (TPSA) is 49.4 Å². The highest BCUT2D eigenvalue weighted by atomic mass is 32.2. The summed E-state index contributed by atoms with van der Waals surface area (Å²) in [4.78, 5) is 26.2. The molecule has 2 aromatic rings. The average Bonchev–Trinajstić information content (AvgIpc) is 2.95. The van der Waals surface area contributed by atoms with E-state index in [0.29, 0.717) is 23.5 Å². The molecule has 0 spiro atoms. The van der Waals surface area contributed by atoms with E-state index in [1.165, 1.54) is 23.9 Å². The van der Waals surface area contributed by atoms with Crippen molar-refractivity contribution in [3.8, 4) is 0 Å². The first-order valence-electron chi connectivity index (χ1n) is 8.82. The number of halogens is 1. The summed E-state index contributed by atoms with van der Waals surface area (Å²) in [6.45, 7) is 6.04. The number of hydrogen-bond acceptors (Lipinski definition) is 3. The van der Waals surface area contributed by atoms with E-state index in [4.69, 9.17) is 0 Å². The lowest BCUT2D eigenvalue weighted by Gasteiger charge is -2.25. The third-order valence-corrected chi connectivity index (χ3v) is 5.31. The molecule has 0 bridgehead atoms. The number of amides is 2. The Morgan fingerprint density at radius 1 is 1.22 bits per heavy atom. The van der Waals surface area contributed by atoms with Gasteiger partial charge in [0.2, 0.25) is 11.8 Å². The zero-order valence-corrected chi connectivity index (χ0v) is 16.5. The van der Waals surface area contributed by atoms with Crippen LogP contribution in [-0.2, 0) is 9.59 Å². The van der Waals surface area contributed by atoms with E-state index in [9.17, 15) is 14.0 Å². The fourth-order valence-electron chi connectivity index (χ4n) is 3.03. The second-order valence-electron chi connectivity index (χ2n) is 7.82. The Bertz CT molecular complexity index is 863. The van der Waals surface area contributed by atoms with Crippen LogP contribution < -0.4 is 10.2 Å². The van der Waals surface area contributed by atoms with Gasteiger partial charge in [-0.25, -0.2) is 4.39 Å². The molecule has 1 saturated heterocycles. The molecule has 0 aliphatic carbocycles. The number of anilines is 2. The first-order chi connectivity index (χ1) is 12.7. The largest absolute Gasteiger partial charge is 0.326 e. The van der Waals surface area contributed by atoms with Crippen LogP contribution in [-0.4, -0.2) is 17.6 Å². The fraction of sp³-hybridized carbons (Fsp3) is 0.333. The molecule has 3 rings (SSSR count). The molecule has 1 aliphatic rings. The minimum absolute atomic E-state index is 0.0446. The number of nitrogens with one attached hydrogen (secondary N) is 1. The Hall–Kier alpha value is -2.34. The van der Waals surface area contributed by atoms with Crippen LogP contribution in [0.1, 0.15) is 38.1 Å². The summed E-state index contributed by atoms with van der Waals surface area (Å²) in [7, 11) is 0. The van der Waals surface area contributed by atoms with Crippen LogP contribution >= 0.6 is 11.8 Å². The molecule has 0 unspecified atom stereocenters. The second kappa shape index (κ2) is 7.72. The highest BCUT2D eigenvalue weighted by Gasteiger charge is 2.34. The number of nitrogens with zero attached hydrogens (tertiary/aromatic N) is 1. The predicted molar refractivity (Wildman–Crippen MR) is 108 cm³/mol. The number of carbonyl (C=O) groups excluding carboxylic acids is 2. The van der Waals surface area contributed by atoms with E-state index in [-0.39, 0.29) is 28.4 Å². The maximum atomic E-state index is 13.6. The maximum Gasteiger partial charge on any atom is 0.238 e. The molecular formula is C21H23FN2O2S. The minimum Gasteiger partial charge on any atom is -0.326 e. The molecule has 1 heterocycles. The Morgan fingerprint density at radius 2 is 1.96 bits per heavy atom. The Kier molecular flexibility index (Phi) is 5.56. The number of rotatable bonds is 4. The lowest BCUT2D eigenvalue weighted by atomic mass is 9.92. The number of thioether (sulfide) groups is 1. The average molecular weight is 386 g/mol. The van der Waals surface area contributed by atoms with E-state index in [0.717, 1.165) is 5.56 Å². The molecule has 2 amide bonds. The number of hydrogen-bond donors (Lipinski definition) is 1. The predicted octanol–water partition coefficient (Wildman–Crippen LogP) is 4.98. The zero-order valence-electron chi connectivity index (χ0n) is 15.7. The summed E-state index contributed by atoms with van der Waals surface area (Å²) >= 11 is 1.49. The fourth-order valence-corrected chi connectivity index (χ4v) is 4.20. The van der Waals surface area contributed by atoms with Gasteiger partial charge in [0.25, 0.3) is 0 Å². The highest BCUT2D eigenvalue weighted by molar-refractivity contribution is 8.00. The molecule has 1 aliphatic heterocycles. The number of carbonyl (C=O) groups is 2. The number of benzene rings is 2. The van der Waals surface area contributed by atoms with E-state index >= 15 is 0 Å². The Morgan fingerprint density at radius 3 is 2.67 bits per heavy atom. The normalized spacial score (nSPS) is 17.3. The summed E-state index contributed by atoms with van der Waals surface area (Å²) < 4.78 is 13.6. The summed E-state index contributed by atoms with van der Waals surface area (Å²) in [6.07, 6.45) is 0.420. The molecule has 4 nitrogen and oxygen atoms in total. The molecule has 1 N–H and O–H groups in total. The molecule has 6 heteroatoms. The van der Waals surface area contributed by atoms with E-state index in [1.807, 2.05) is 45.0 Å². The van der Waals surface area contributed by atoms with Gasteiger partial charge in [-0.15, -0.1) is 11.8 Å². The van der Waals surface area contributed by atoms with E-state index in [2.05, 4.69) is 5.32 Å². The third-order valence-electron chi connectivity index (χ3n) is 4.10. The molecule has 0 aromatic heterocycles. The van der Waals surface area contributed by atoms with Crippen LogP contribution in [0.2, 0.25) is 0 Å². The van der Waals surface area contributed by atoms with Gasteiger partial charge in [-0.2, -0.15) is 0 Å². The Labute approximate surface area is 163 Å². The maximum absolute atomic E-state index is 13.6. The van der Waals surface area contributed by atoms with Gasteiger partial charge in [0.15, 0.2) is 0 Å². The van der Waals surface area contributed by atoms with Gasteiger partial charge in [0, 0.05) is 17.8 Å². The molecule has 2 aromatic carbocycles. The zero-order chi connectivity index (χ0) is 19.6. The first-order valence-corrected chi connectivity index (χ1v) is 9.87. The standard InChI is InChI=1S/C21H23FN2O2S/c1-21(2,3)12-18(25)23-16-8-4-6-14(10-16)20-24(19(26)13-27-20)17-9-5-7-15(22)11-17/h4-11,20H,12-13H2,1-3H3,(H,23,25)/t20-/m0/s1. The minimum atomic E-state index is -0.376. The molecule has 0 radical (unpaired) electrons. The van der Waals surface area contributed by atoms with Crippen molar-refractivity contribution in [2.75, 3.05) is 16.0 Å². The summed E-state index contributed by atoms with van der Waals surface area (Å²) in [6, 6.07) is 13.5. The lowest BCUT2D eigenvalue weighted by Crippen LogP contribution is -2.28. The molecule has 0 saturated carbocycles. The van der Waals surface area contributed by atoms with Crippen molar-refractivity contribution in [2.45, 2.75) is 32.6 Å². The van der Waals surface area contributed by atoms with Crippen LogP contribution in [0.15, 0.2) is 48.5 Å². The van der Waals surface area contributed by atoms with Crippen LogP contribution in [0.25, 0.3) is 0 Å². The van der Waals surface area contributed by atoms with Crippen LogP contribution in [0.4, 0.5) is 15.8 Å². The summed E-state index contributed by atoms with van der Waals surface area (Å²) in [5.74, 6) is -0.143. The monoisotopic (exact) mass is 386 g/mol. The van der Waals surface area contributed by atoms with Gasteiger partial charge in [-0.1, -0.05) is 39.0 Å². The molecule has 1 atom stereocenters. The van der Waals surface area contributed by atoms with Crippen molar-refractivity contribution in [2.24, 2.45) is 5.41 Å². The summed E-state index contributed by atoms with van der Waals surface area (Å²) in [5.41, 5.74) is 2.03. The van der Waals surface area contributed by atoms with E-state index < -0.39 is 0 Å². The van der Waals surface area contributed by atoms with Crippen LogP contribution in [0.3, 0.4) is 0 Å². The van der Waals surface area contributed by atoms with Crippen LogP contribution in [0, 0.1) is 11.2 Å². The SMILES string of the molecule is CC(C)(C)CC(=O)Nc1cccc([C@@H]2SCC(=O)N2c2cccc(F)c2)c1. The molecular weight excluding hydrogens is 363 g/mol. The van der Waals surface area contributed by atoms with Crippen molar-refractivity contribution in [3.63, 3.8) is 0 Å². The van der Waals surface area contributed by atoms with Crippen molar-refractivity contribution in [1.29, 1.82) is 0 Å². The van der Waals surface area contributed by atoms with Gasteiger partial charge in [-0.3, -0.25) is 14.5 Å². The van der Waals surface area contributed by atoms with Gasteiger partial charge >= 0.3 is 0 Å². The van der Waals surface area contributed by atoms with Crippen molar-refractivity contribution in [1.82, 2.24) is 0 Å². The van der Waals surface area contributed by atoms with Gasteiger partial charge in [0.05, 0.1) is 5.75 Å². The molecule has 1 fully saturated rings. The molecule has 142 valence electrons. The van der Waals surface area contributed by atoms with Crippen molar-refractivity contribution >= 4 is 35.0 Å². The lowest BCUT2D eigenvalue weighted by molar-refractivity contribution is -0.118. The van der Waals surface area contributed by atoms with Crippen molar-refractivity contribution < 1.29 is 14.0 Å². The Balaban J connectivity index is 1.83. The third kappa shape index (κ3) is 4.89. The van der Waals surface area contributed by atoms with Crippen LogP contribution in [0.5, 0.6) is 0 Å². The smallest absolute Gasteiger partial charge is 0.238 e. The quantitative estimate of drug-likeness (QED) is 0.806. The molecule has 27 heavy (non-hydrogen) atoms.